The number of urea groups is 1. The number of primary amides is 2. The Hall–Kier alpha value is -0.754. The number of carboxylic acid groups (broad SMARTS) is 1. The summed E-state index contributed by atoms with van der Waals surface area (Å²) in [5, 5.41) is 7.42. The van der Waals surface area contributed by atoms with Gasteiger partial charge in [0.1, 0.15) is 0 Å². The molecule has 57 valence electrons. The van der Waals surface area contributed by atoms with Crippen molar-refractivity contribution >= 4 is 12.0 Å². The maximum Gasteiger partial charge on any atom is 0.309 e. The van der Waals surface area contributed by atoms with E-state index < -0.39 is 12.0 Å². The van der Waals surface area contributed by atoms with Crippen molar-refractivity contribution in [1.29, 1.82) is 0 Å². The number of aliphatic carboxylic acids is 1. The molecule has 0 rings (SSSR count). The Morgan fingerprint density at radius 1 is 1.33 bits per heavy atom. The minimum Gasteiger partial charge on any atom is -0.481 e. The van der Waals surface area contributed by atoms with Gasteiger partial charge in [-0.3, -0.25) is 4.79 Å². The van der Waals surface area contributed by atoms with Gasteiger partial charge in [0.25, 0.3) is 5.97 Å². The first-order valence-electron chi connectivity index (χ1n) is 1.71. The van der Waals surface area contributed by atoms with E-state index in [-0.39, 0.29) is 16.8 Å². The number of carbonyl (C=O) groups excluding carboxylic acids is 1. The monoisotopic (exact) mass is 179 g/mol. The summed E-state index contributed by atoms with van der Waals surface area (Å²) in [6, 6.07) is -0.833. The zero-order valence-electron chi connectivity index (χ0n) is 4.75. The fraction of sp³-hybridized carbons (Fsp3) is 0.333. The summed E-state index contributed by atoms with van der Waals surface area (Å²) in [6.45, 7) is 1.08. The van der Waals surface area contributed by atoms with Gasteiger partial charge in [-0.2, -0.15) is 0 Å². The van der Waals surface area contributed by atoms with Crippen LogP contribution in [0.25, 0.3) is 0 Å². The third kappa shape index (κ3) is 351. The Bertz CT molecular complexity index is 75.1. The molecule has 0 saturated carbocycles. The first-order chi connectivity index (χ1) is 3.46. The van der Waals surface area contributed by atoms with Gasteiger partial charge in [-0.05, 0) is 0 Å². The van der Waals surface area contributed by atoms with Crippen LogP contribution in [0.3, 0.4) is 0 Å². The molecule has 0 heterocycles. The van der Waals surface area contributed by atoms with Gasteiger partial charge in [0.15, 0.2) is 0 Å². The van der Waals surface area contributed by atoms with E-state index >= 15 is 0 Å². The molecule has 0 aliphatic carbocycles. The summed E-state index contributed by atoms with van der Waals surface area (Å²) in [6.07, 6.45) is 0. The quantitative estimate of drug-likeness (QED) is 0.449. The summed E-state index contributed by atoms with van der Waals surface area (Å²) < 4.78 is 0. The Labute approximate surface area is 62.6 Å². The standard InChI is InChI=1S/C2H4O2.CH4N2O.Co/c1-2(3)4;2-1(3)4;/h1H3,(H,3,4);(H4,2,3,4);. The maximum atomic E-state index is 9.00. The average Bonchev–Trinajstić information content (AvgIpc) is 1.25. The predicted octanol–water partition coefficient (Wildman–Crippen LogP) is -0.888. The largest absolute Gasteiger partial charge is 0.481 e. The van der Waals surface area contributed by atoms with Crippen molar-refractivity contribution < 1.29 is 31.5 Å². The Morgan fingerprint density at radius 3 is 1.33 bits per heavy atom. The van der Waals surface area contributed by atoms with Gasteiger partial charge < -0.3 is 16.6 Å². The number of rotatable bonds is 0. The van der Waals surface area contributed by atoms with Crippen molar-refractivity contribution in [2.45, 2.75) is 6.92 Å². The summed E-state index contributed by atoms with van der Waals surface area (Å²) in [7, 11) is 0. The van der Waals surface area contributed by atoms with Gasteiger partial charge in [0, 0.05) is 23.7 Å². The second kappa shape index (κ2) is 10.3. The van der Waals surface area contributed by atoms with Crippen molar-refractivity contribution in [3.8, 4) is 0 Å². The average molecular weight is 179 g/mol. The fourth-order valence-electron chi connectivity index (χ4n) is 0. The Balaban J connectivity index is -0.0000000720. The molecular weight excluding hydrogens is 171 g/mol. The molecule has 1 radical (unpaired) electrons. The molecular formula is C3H8CoN2O3. The molecule has 0 aromatic heterocycles. The Morgan fingerprint density at radius 2 is 1.33 bits per heavy atom. The van der Waals surface area contributed by atoms with Crippen LogP contribution >= 0.6 is 0 Å². The van der Waals surface area contributed by atoms with E-state index in [9.17, 15) is 0 Å². The van der Waals surface area contributed by atoms with Crippen LogP contribution in [0.2, 0.25) is 0 Å². The number of amides is 2. The normalized spacial score (nSPS) is 5.44. The third-order valence-electron chi connectivity index (χ3n) is 0. The van der Waals surface area contributed by atoms with Crippen LogP contribution in [0.1, 0.15) is 6.92 Å². The van der Waals surface area contributed by atoms with Crippen LogP contribution in [0, 0.1) is 0 Å². The Kier molecular flexibility index (Phi) is 18.0. The number of hydrogen-bond donors (Lipinski definition) is 3. The van der Waals surface area contributed by atoms with Crippen LogP contribution in [0.5, 0.6) is 0 Å². The third-order valence-corrected chi connectivity index (χ3v) is 0. The molecule has 0 aromatic carbocycles. The van der Waals surface area contributed by atoms with E-state index in [1.165, 1.54) is 0 Å². The van der Waals surface area contributed by atoms with E-state index in [1.54, 1.807) is 0 Å². The van der Waals surface area contributed by atoms with E-state index in [0.717, 1.165) is 6.92 Å². The van der Waals surface area contributed by atoms with E-state index in [4.69, 9.17) is 14.7 Å². The van der Waals surface area contributed by atoms with Gasteiger partial charge >= 0.3 is 6.03 Å². The van der Waals surface area contributed by atoms with Gasteiger partial charge in [-0.15, -0.1) is 0 Å². The predicted molar refractivity (Wildman–Crippen MR) is 27.1 cm³/mol. The maximum absolute atomic E-state index is 9.00. The minimum absolute atomic E-state index is 0. The smallest absolute Gasteiger partial charge is 0.309 e. The van der Waals surface area contributed by atoms with Gasteiger partial charge in [0.05, 0.1) is 0 Å². The molecule has 0 saturated heterocycles. The molecule has 0 unspecified atom stereocenters. The molecule has 0 spiro atoms. The first-order valence-corrected chi connectivity index (χ1v) is 1.71. The zero-order valence-corrected chi connectivity index (χ0v) is 5.79. The SMILES string of the molecule is CC(=O)O.NC(N)=O.[Co]. The summed E-state index contributed by atoms with van der Waals surface area (Å²) >= 11 is 0. The fourth-order valence-corrected chi connectivity index (χ4v) is 0. The van der Waals surface area contributed by atoms with Crippen molar-refractivity contribution in [2.75, 3.05) is 0 Å². The molecule has 5 N–H and O–H groups in total. The second-order valence-corrected chi connectivity index (χ2v) is 0.921. The zero-order chi connectivity index (χ0) is 7.15. The summed E-state index contributed by atoms with van der Waals surface area (Å²) in [5.74, 6) is -0.833. The molecule has 6 heteroatoms. The van der Waals surface area contributed by atoms with E-state index in [2.05, 4.69) is 11.5 Å². The van der Waals surface area contributed by atoms with Crippen LogP contribution in [0.15, 0.2) is 0 Å². The van der Waals surface area contributed by atoms with E-state index in [1.807, 2.05) is 0 Å². The van der Waals surface area contributed by atoms with Crippen molar-refractivity contribution in [3.05, 3.63) is 0 Å². The molecule has 0 atom stereocenters. The molecule has 0 aliphatic heterocycles. The van der Waals surface area contributed by atoms with Gasteiger partial charge in [-0.25, -0.2) is 4.79 Å². The summed E-state index contributed by atoms with van der Waals surface area (Å²) in [4.78, 5) is 18.0. The van der Waals surface area contributed by atoms with Crippen LogP contribution in [0.4, 0.5) is 4.79 Å². The topological polar surface area (TPSA) is 106 Å². The minimum atomic E-state index is -0.833. The van der Waals surface area contributed by atoms with Gasteiger partial charge in [0.2, 0.25) is 0 Å². The number of hydrogen-bond acceptors (Lipinski definition) is 2. The van der Waals surface area contributed by atoms with Crippen molar-refractivity contribution in [3.63, 3.8) is 0 Å². The molecule has 0 aromatic rings. The second-order valence-electron chi connectivity index (χ2n) is 0.921. The summed E-state index contributed by atoms with van der Waals surface area (Å²) in [5.41, 5.74) is 8.50. The van der Waals surface area contributed by atoms with Crippen molar-refractivity contribution in [2.24, 2.45) is 11.5 Å². The number of nitrogens with two attached hydrogens (primary N) is 2. The first kappa shape index (κ1) is 15.7. The molecule has 0 bridgehead atoms. The molecule has 2 amide bonds. The molecule has 0 aliphatic rings. The van der Waals surface area contributed by atoms with Gasteiger partial charge in [-0.1, -0.05) is 0 Å². The van der Waals surface area contributed by atoms with Crippen LogP contribution < -0.4 is 11.5 Å². The van der Waals surface area contributed by atoms with E-state index in [0.29, 0.717) is 0 Å². The number of carbonyl (C=O) groups is 2. The molecule has 0 fully saturated rings. The van der Waals surface area contributed by atoms with Crippen LogP contribution in [-0.2, 0) is 21.6 Å². The van der Waals surface area contributed by atoms with Crippen molar-refractivity contribution in [1.82, 2.24) is 0 Å². The van der Waals surface area contributed by atoms with Crippen LogP contribution in [-0.4, -0.2) is 17.1 Å². The molecule has 9 heavy (non-hydrogen) atoms. The number of carboxylic acids is 1. The molecule has 5 nitrogen and oxygen atoms in total.